The highest BCUT2D eigenvalue weighted by Gasteiger charge is 2.01. The first-order valence-corrected chi connectivity index (χ1v) is 8.94. The Morgan fingerprint density at radius 2 is 2.07 bits per heavy atom. The van der Waals surface area contributed by atoms with Gasteiger partial charge in [-0.3, -0.25) is 0 Å². The molecule has 0 fully saturated rings. The molecule has 0 saturated carbocycles. The van der Waals surface area contributed by atoms with Gasteiger partial charge < -0.3 is 24.7 Å². The standard InChI is InChI=1S/C19H29N5O2.HI/c1-4-20-19(21-11-7-12-25-15-17-9-6-13-26-17)22-14-16-8-5-10-18(23-16)24(2)3;/h5-6,8-10,13H,4,7,11-12,14-15H2,1-3H3,(H2,20,21,22);1H. The molecule has 0 radical (unpaired) electrons. The minimum Gasteiger partial charge on any atom is -0.467 e. The highest BCUT2D eigenvalue weighted by Crippen LogP contribution is 2.08. The van der Waals surface area contributed by atoms with Crippen LogP contribution in [0.25, 0.3) is 0 Å². The lowest BCUT2D eigenvalue weighted by Gasteiger charge is -2.13. The van der Waals surface area contributed by atoms with E-state index in [9.17, 15) is 0 Å². The van der Waals surface area contributed by atoms with Gasteiger partial charge in [0.25, 0.3) is 0 Å². The van der Waals surface area contributed by atoms with Gasteiger partial charge in [0, 0.05) is 33.8 Å². The van der Waals surface area contributed by atoms with E-state index in [1.54, 1.807) is 6.26 Å². The van der Waals surface area contributed by atoms with Crippen LogP contribution in [-0.4, -0.2) is 44.7 Å². The molecule has 0 aliphatic carbocycles. The van der Waals surface area contributed by atoms with Crippen molar-refractivity contribution in [3.63, 3.8) is 0 Å². The molecule has 2 aromatic heterocycles. The van der Waals surface area contributed by atoms with Gasteiger partial charge in [0.1, 0.15) is 18.2 Å². The van der Waals surface area contributed by atoms with Crippen molar-refractivity contribution in [3.8, 4) is 0 Å². The number of nitrogens with zero attached hydrogens (tertiary/aromatic N) is 3. The largest absolute Gasteiger partial charge is 0.467 e. The van der Waals surface area contributed by atoms with Crippen molar-refractivity contribution >= 4 is 35.8 Å². The molecule has 7 nitrogen and oxygen atoms in total. The lowest BCUT2D eigenvalue weighted by Crippen LogP contribution is -2.38. The molecule has 0 unspecified atom stereocenters. The zero-order valence-electron chi connectivity index (χ0n) is 16.3. The summed E-state index contributed by atoms with van der Waals surface area (Å²) in [7, 11) is 3.96. The lowest BCUT2D eigenvalue weighted by atomic mass is 10.3. The summed E-state index contributed by atoms with van der Waals surface area (Å²) < 4.78 is 10.8. The van der Waals surface area contributed by atoms with Crippen molar-refractivity contribution in [2.75, 3.05) is 38.7 Å². The van der Waals surface area contributed by atoms with Gasteiger partial charge in [-0.2, -0.15) is 0 Å². The van der Waals surface area contributed by atoms with Crippen molar-refractivity contribution in [2.45, 2.75) is 26.5 Å². The Morgan fingerprint density at radius 1 is 1.22 bits per heavy atom. The van der Waals surface area contributed by atoms with Gasteiger partial charge in [-0.05, 0) is 37.6 Å². The van der Waals surface area contributed by atoms with Crippen LogP contribution in [0.5, 0.6) is 0 Å². The zero-order valence-corrected chi connectivity index (χ0v) is 18.6. The molecule has 2 rings (SSSR count). The minimum absolute atomic E-state index is 0. The van der Waals surface area contributed by atoms with Crippen LogP contribution in [0.1, 0.15) is 24.8 Å². The van der Waals surface area contributed by atoms with Crippen LogP contribution >= 0.6 is 24.0 Å². The number of furan rings is 1. The summed E-state index contributed by atoms with van der Waals surface area (Å²) in [5.41, 5.74) is 0.940. The number of aliphatic imine (C=N–C) groups is 1. The number of rotatable bonds is 10. The van der Waals surface area contributed by atoms with Crippen molar-refractivity contribution in [3.05, 3.63) is 48.0 Å². The molecule has 0 bridgehead atoms. The second-order valence-electron chi connectivity index (χ2n) is 5.99. The van der Waals surface area contributed by atoms with Gasteiger partial charge in [-0.25, -0.2) is 9.98 Å². The van der Waals surface area contributed by atoms with Gasteiger partial charge in [0.2, 0.25) is 0 Å². The van der Waals surface area contributed by atoms with E-state index >= 15 is 0 Å². The summed E-state index contributed by atoms with van der Waals surface area (Å²) in [6, 6.07) is 9.75. The van der Waals surface area contributed by atoms with E-state index in [0.29, 0.717) is 19.8 Å². The summed E-state index contributed by atoms with van der Waals surface area (Å²) in [5.74, 6) is 2.57. The maximum atomic E-state index is 5.58. The predicted octanol–water partition coefficient (Wildman–Crippen LogP) is 3.02. The molecule has 2 heterocycles. The fraction of sp³-hybridized carbons (Fsp3) is 0.474. The predicted molar refractivity (Wildman–Crippen MR) is 120 cm³/mol. The van der Waals surface area contributed by atoms with Crippen LogP contribution in [0.4, 0.5) is 5.82 Å². The average molecular weight is 487 g/mol. The number of anilines is 1. The first kappa shape index (κ1) is 23.2. The summed E-state index contributed by atoms with van der Waals surface area (Å²) in [5, 5.41) is 6.57. The fourth-order valence-corrected chi connectivity index (χ4v) is 2.25. The van der Waals surface area contributed by atoms with E-state index in [4.69, 9.17) is 9.15 Å². The molecule has 0 saturated heterocycles. The smallest absolute Gasteiger partial charge is 0.191 e. The Labute approximate surface area is 178 Å². The molecule has 0 aliphatic heterocycles. The third-order valence-electron chi connectivity index (χ3n) is 3.58. The molecular formula is C19H30IN5O2. The second-order valence-corrected chi connectivity index (χ2v) is 5.99. The second kappa shape index (κ2) is 13.4. The first-order valence-electron chi connectivity index (χ1n) is 8.94. The van der Waals surface area contributed by atoms with E-state index in [2.05, 4.69) is 27.5 Å². The minimum atomic E-state index is 0. The lowest BCUT2D eigenvalue weighted by molar-refractivity contribution is 0.105. The number of guanidine groups is 1. The van der Waals surface area contributed by atoms with Gasteiger partial charge >= 0.3 is 0 Å². The number of nitrogens with one attached hydrogen (secondary N) is 2. The summed E-state index contributed by atoms with van der Waals surface area (Å²) >= 11 is 0. The van der Waals surface area contributed by atoms with Crippen LogP contribution in [0, 0.1) is 0 Å². The Hall–Kier alpha value is -1.81. The molecule has 0 atom stereocenters. The number of aromatic nitrogens is 1. The number of ether oxygens (including phenoxy) is 1. The number of halogens is 1. The Bertz CT molecular complexity index is 662. The zero-order chi connectivity index (χ0) is 18.6. The van der Waals surface area contributed by atoms with Gasteiger partial charge in [0.15, 0.2) is 5.96 Å². The van der Waals surface area contributed by atoms with Crippen molar-refractivity contribution < 1.29 is 9.15 Å². The van der Waals surface area contributed by atoms with Crippen LogP contribution in [0.2, 0.25) is 0 Å². The third kappa shape index (κ3) is 9.09. The van der Waals surface area contributed by atoms with E-state index in [1.807, 2.05) is 49.3 Å². The quantitative estimate of drug-likeness (QED) is 0.232. The average Bonchev–Trinajstić information content (AvgIpc) is 3.16. The highest BCUT2D eigenvalue weighted by atomic mass is 127. The molecule has 8 heteroatoms. The monoisotopic (exact) mass is 487 g/mol. The van der Waals surface area contributed by atoms with Crippen molar-refractivity contribution in [2.24, 2.45) is 4.99 Å². The Balaban J connectivity index is 0.00000364. The molecule has 2 aromatic rings. The SMILES string of the molecule is CCNC(=NCc1cccc(N(C)C)n1)NCCCOCc1ccco1.I. The van der Waals surface area contributed by atoms with E-state index in [-0.39, 0.29) is 24.0 Å². The summed E-state index contributed by atoms with van der Waals surface area (Å²) in [6.07, 6.45) is 2.54. The Morgan fingerprint density at radius 3 is 2.78 bits per heavy atom. The van der Waals surface area contributed by atoms with Crippen molar-refractivity contribution in [1.82, 2.24) is 15.6 Å². The molecular weight excluding hydrogens is 457 g/mol. The van der Waals surface area contributed by atoms with Crippen LogP contribution in [0.3, 0.4) is 0 Å². The van der Waals surface area contributed by atoms with E-state index in [1.165, 1.54) is 0 Å². The normalized spacial score (nSPS) is 11.0. The van der Waals surface area contributed by atoms with Gasteiger partial charge in [0.05, 0.1) is 18.5 Å². The molecule has 0 aromatic carbocycles. The van der Waals surface area contributed by atoms with Gasteiger partial charge in [-0.1, -0.05) is 6.07 Å². The number of pyridine rings is 1. The van der Waals surface area contributed by atoms with E-state index in [0.717, 1.165) is 42.7 Å². The van der Waals surface area contributed by atoms with E-state index < -0.39 is 0 Å². The highest BCUT2D eigenvalue weighted by molar-refractivity contribution is 14.0. The van der Waals surface area contributed by atoms with Crippen molar-refractivity contribution in [1.29, 1.82) is 0 Å². The number of hydrogen-bond acceptors (Lipinski definition) is 5. The topological polar surface area (TPSA) is 74.9 Å². The van der Waals surface area contributed by atoms with Crippen LogP contribution in [0.15, 0.2) is 46.0 Å². The van der Waals surface area contributed by atoms with Crippen LogP contribution < -0.4 is 15.5 Å². The molecule has 0 spiro atoms. The molecule has 150 valence electrons. The fourth-order valence-electron chi connectivity index (χ4n) is 2.25. The molecule has 0 amide bonds. The maximum Gasteiger partial charge on any atom is 0.191 e. The maximum absolute atomic E-state index is 5.58. The van der Waals surface area contributed by atoms with Crippen LogP contribution in [-0.2, 0) is 17.9 Å². The molecule has 0 aliphatic rings. The first-order chi connectivity index (χ1) is 12.7. The number of hydrogen-bond donors (Lipinski definition) is 2. The summed E-state index contributed by atoms with van der Waals surface area (Å²) in [6.45, 7) is 5.36. The molecule has 27 heavy (non-hydrogen) atoms. The summed E-state index contributed by atoms with van der Waals surface area (Å²) in [4.78, 5) is 11.2. The van der Waals surface area contributed by atoms with Gasteiger partial charge in [-0.15, -0.1) is 24.0 Å². The third-order valence-corrected chi connectivity index (χ3v) is 3.58. The Kier molecular flexibility index (Phi) is 11.5. The molecule has 2 N–H and O–H groups in total.